The van der Waals surface area contributed by atoms with Crippen LogP contribution in [0.1, 0.15) is 10.4 Å². The fraction of sp³-hybridized carbons (Fsp3) is 0.167. The van der Waals surface area contributed by atoms with Crippen LogP contribution in [-0.2, 0) is 0 Å². The van der Waals surface area contributed by atoms with Crippen LogP contribution in [-0.4, -0.2) is 56.6 Å². The number of carbonyl (C=O) groups excluding carboxylic acids is 1. The minimum atomic E-state index is -0.516. The largest absolute Gasteiger partial charge is 0.461 e. The molecular weight excluding hydrogens is 459 g/mol. The zero-order valence-electron chi connectivity index (χ0n) is 17.9. The number of piperazine rings is 1. The molecule has 1 aliphatic heterocycles. The summed E-state index contributed by atoms with van der Waals surface area (Å²) in [6, 6.07) is 15.1. The molecule has 4 heterocycles. The topological polar surface area (TPSA) is 79.8 Å². The van der Waals surface area contributed by atoms with E-state index in [1.165, 1.54) is 12.1 Å². The highest BCUT2D eigenvalue weighted by Crippen LogP contribution is 2.30. The Balaban J connectivity index is 1.39. The first kappa shape index (κ1) is 20.6. The SMILES string of the molecule is O=C(c1ccccc1F)N1CCN(c2nc3cc(Cl)ccc3c3nnc(-c4ccco4)n23)CC1. The molecule has 1 fully saturated rings. The first-order chi connectivity index (χ1) is 16.6. The lowest BCUT2D eigenvalue weighted by Crippen LogP contribution is -2.49. The summed E-state index contributed by atoms with van der Waals surface area (Å²) in [6.45, 7) is 1.85. The highest BCUT2D eigenvalue weighted by atomic mass is 35.5. The first-order valence-corrected chi connectivity index (χ1v) is 11.1. The van der Waals surface area contributed by atoms with E-state index in [9.17, 15) is 9.18 Å². The molecular formula is C24H18ClFN6O2. The highest BCUT2D eigenvalue weighted by molar-refractivity contribution is 6.31. The lowest BCUT2D eigenvalue weighted by molar-refractivity contribution is 0.0741. The normalized spacial score (nSPS) is 14.3. The van der Waals surface area contributed by atoms with E-state index in [2.05, 4.69) is 15.1 Å². The molecule has 10 heteroatoms. The molecule has 34 heavy (non-hydrogen) atoms. The van der Waals surface area contributed by atoms with Crippen molar-refractivity contribution in [2.75, 3.05) is 31.1 Å². The van der Waals surface area contributed by atoms with Crippen LogP contribution in [0.3, 0.4) is 0 Å². The lowest BCUT2D eigenvalue weighted by Gasteiger charge is -2.35. The maximum absolute atomic E-state index is 14.1. The molecule has 1 amide bonds. The van der Waals surface area contributed by atoms with E-state index >= 15 is 0 Å². The van der Waals surface area contributed by atoms with E-state index in [1.807, 2.05) is 16.5 Å². The molecule has 0 bridgehead atoms. The van der Waals surface area contributed by atoms with Crippen molar-refractivity contribution in [2.45, 2.75) is 0 Å². The molecule has 0 aliphatic carbocycles. The Hall–Kier alpha value is -3.98. The average Bonchev–Trinajstić information content (AvgIpc) is 3.54. The number of anilines is 1. The second kappa shape index (κ2) is 8.11. The van der Waals surface area contributed by atoms with Crippen molar-refractivity contribution in [3.8, 4) is 11.6 Å². The molecule has 0 spiro atoms. The van der Waals surface area contributed by atoms with Crippen LogP contribution in [0, 0.1) is 5.82 Å². The lowest BCUT2D eigenvalue weighted by atomic mass is 10.1. The van der Waals surface area contributed by atoms with Gasteiger partial charge in [-0.25, -0.2) is 13.8 Å². The monoisotopic (exact) mass is 476 g/mol. The van der Waals surface area contributed by atoms with Crippen molar-refractivity contribution >= 4 is 40.0 Å². The summed E-state index contributed by atoms with van der Waals surface area (Å²) < 4.78 is 21.6. The maximum atomic E-state index is 14.1. The van der Waals surface area contributed by atoms with Crippen molar-refractivity contribution in [3.63, 3.8) is 0 Å². The number of halogens is 2. The Morgan fingerprint density at radius 1 is 1.00 bits per heavy atom. The van der Waals surface area contributed by atoms with Crippen molar-refractivity contribution in [2.24, 2.45) is 0 Å². The fourth-order valence-electron chi connectivity index (χ4n) is 4.28. The summed E-state index contributed by atoms with van der Waals surface area (Å²) in [7, 11) is 0. The van der Waals surface area contributed by atoms with E-state index in [-0.39, 0.29) is 11.5 Å². The van der Waals surface area contributed by atoms with Gasteiger partial charge in [-0.05, 0) is 42.5 Å². The number of hydrogen-bond donors (Lipinski definition) is 0. The Bertz CT molecular complexity index is 1530. The Morgan fingerprint density at radius 2 is 1.82 bits per heavy atom. The van der Waals surface area contributed by atoms with Gasteiger partial charge in [0.15, 0.2) is 11.4 Å². The molecule has 0 unspecified atom stereocenters. The number of aromatic nitrogens is 4. The summed E-state index contributed by atoms with van der Waals surface area (Å²) in [5, 5.41) is 10.2. The number of carbonyl (C=O) groups is 1. The van der Waals surface area contributed by atoms with Crippen LogP contribution in [0.15, 0.2) is 65.3 Å². The maximum Gasteiger partial charge on any atom is 0.256 e. The van der Waals surface area contributed by atoms with Crippen LogP contribution in [0.25, 0.3) is 28.1 Å². The summed E-state index contributed by atoms with van der Waals surface area (Å²) in [5.74, 6) is 0.889. The number of fused-ring (bicyclic) bond motifs is 3. The number of hydrogen-bond acceptors (Lipinski definition) is 6. The molecule has 1 aliphatic rings. The molecule has 170 valence electrons. The quantitative estimate of drug-likeness (QED) is 0.386. The van der Waals surface area contributed by atoms with Gasteiger partial charge in [-0.3, -0.25) is 4.79 Å². The van der Waals surface area contributed by atoms with Gasteiger partial charge < -0.3 is 14.2 Å². The molecule has 3 aromatic heterocycles. The molecule has 0 radical (unpaired) electrons. The third kappa shape index (κ3) is 3.36. The zero-order valence-corrected chi connectivity index (χ0v) is 18.6. The Labute approximate surface area is 198 Å². The fourth-order valence-corrected chi connectivity index (χ4v) is 4.45. The first-order valence-electron chi connectivity index (χ1n) is 10.8. The van der Waals surface area contributed by atoms with Gasteiger partial charge in [0.05, 0.1) is 17.3 Å². The van der Waals surface area contributed by atoms with Gasteiger partial charge in [0.1, 0.15) is 5.82 Å². The second-order valence-electron chi connectivity index (χ2n) is 7.99. The van der Waals surface area contributed by atoms with Crippen molar-refractivity contribution in [1.29, 1.82) is 0 Å². The van der Waals surface area contributed by atoms with Gasteiger partial charge in [0.25, 0.3) is 5.91 Å². The van der Waals surface area contributed by atoms with E-state index in [0.29, 0.717) is 59.9 Å². The smallest absolute Gasteiger partial charge is 0.256 e. The molecule has 0 N–H and O–H groups in total. The minimum absolute atomic E-state index is 0.0794. The molecule has 5 aromatic rings. The van der Waals surface area contributed by atoms with E-state index in [4.69, 9.17) is 21.0 Å². The van der Waals surface area contributed by atoms with Gasteiger partial charge in [0, 0.05) is 36.6 Å². The summed E-state index contributed by atoms with van der Waals surface area (Å²) in [4.78, 5) is 21.5. The van der Waals surface area contributed by atoms with E-state index in [0.717, 1.165) is 5.39 Å². The number of nitrogens with zero attached hydrogens (tertiary/aromatic N) is 6. The third-order valence-electron chi connectivity index (χ3n) is 5.98. The molecule has 6 rings (SSSR count). The van der Waals surface area contributed by atoms with Crippen LogP contribution in [0.5, 0.6) is 0 Å². The minimum Gasteiger partial charge on any atom is -0.461 e. The molecule has 0 atom stereocenters. The van der Waals surface area contributed by atoms with Gasteiger partial charge in [-0.2, -0.15) is 0 Å². The van der Waals surface area contributed by atoms with Crippen LogP contribution >= 0.6 is 11.6 Å². The highest BCUT2D eigenvalue weighted by Gasteiger charge is 2.27. The Kier molecular flexibility index (Phi) is 4.91. The number of benzene rings is 2. The summed E-state index contributed by atoms with van der Waals surface area (Å²) in [5.41, 5.74) is 1.40. The molecule has 1 saturated heterocycles. The van der Waals surface area contributed by atoms with Crippen molar-refractivity contribution in [1.82, 2.24) is 24.5 Å². The van der Waals surface area contributed by atoms with Crippen molar-refractivity contribution in [3.05, 3.63) is 77.3 Å². The van der Waals surface area contributed by atoms with Gasteiger partial charge in [-0.15, -0.1) is 10.2 Å². The number of rotatable bonds is 3. The van der Waals surface area contributed by atoms with E-state index in [1.54, 1.807) is 41.5 Å². The molecule has 8 nitrogen and oxygen atoms in total. The Morgan fingerprint density at radius 3 is 2.59 bits per heavy atom. The van der Waals surface area contributed by atoms with E-state index < -0.39 is 5.82 Å². The predicted octanol–water partition coefficient (Wildman–Crippen LogP) is 4.29. The van der Waals surface area contributed by atoms with Gasteiger partial charge in [0.2, 0.25) is 11.8 Å². The summed E-state index contributed by atoms with van der Waals surface area (Å²) in [6.07, 6.45) is 1.58. The average molecular weight is 477 g/mol. The van der Waals surface area contributed by atoms with Crippen LogP contribution in [0.2, 0.25) is 5.02 Å². The molecule has 2 aromatic carbocycles. The number of furan rings is 1. The molecule has 0 saturated carbocycles. The van der Waals surface area contributed by atoms with Crippen LogP contribution in [0.4, 0.5) is 10.3 Å². The second-order valence-corrected chi connectivity index (χ2v) is 8.43. The van der Waals surface area contributed by atoms with Gasteiger partial charge >= 0.3 is 0 Å². The zero-order chi connectivity index (χ0) is 23.2. The standard InChI is InChI=1S/C24H18ClFN6O2/c25-15-7-8-17-19(14-15)27-24(32-21(17)28-29-22(32)20-6-3-13-34-20)31-11-9-30(10-12-31)23(33)16-4-1-2-5-18(16)26/h1-8,13-14H,9-12H2. The van der Waals surface area contributed by atoms with Crippen molar-refractivity contribution < 1.29 is 13.6 Å². The van der Waals surface area contributed by atoms with Crippen LogP contribution < -0.4 is 4.90 Å². The van der Waals surface area contributed by atoms with Gasteiger partial charge in [-0.1, -0.05) is 23.7 Å². The summed E-state index contributed by atoms with van der Waals surface area (Å²) >= 11 is 6.23. The third-order valence-corrected chi connectivity index (χ3v) is 6.21. The predicted molar refractivity (Wildman–Crippen MR) is 126 cm³/mol. The number of amides is 1.